The Morgan fingerprint density at radius 1 is 0.692 bits per heavy atom. The van der Waals surface area contributed by atoms with E-state index in [-0.39, 0.29) is 17.4 Å². The van der Waals surface area contributed by atoms with E-state index in [1.807, 2.05) is 36.4 Å². The zero-order valence-corrected chi connectivity index (χ0v) is 30.0. The number of amides is 3. The van der Waals surface area contributed by atoms with Gasteiger partial charge in [-0.15, -0.1) is 11.8 Å². The highest BCUT2D eigenvalue weighted by Crippen LogP contribution is 2.36. The molecule has 0 saturated carbocycles. The summed E-state index contributed by atoms with van der Waals surface area (Å²) in [5.74, 6) is 0.232. The van der Waals surface area contributed by atoms with Crippen molar-refractivity contribution in [2.75, 3.05) is 37.7 Å². The van der Waals surface area contributed by atoms with Crippen LogP contribution >= 0.6 is 11.8 Å². The summed E-state index contributed by atoms with van der Waals surface area (Å²) in [6.07, 6.45) is 1.51. The Hall–Kier alpha value is -6.20. The van der Waals surface area contributed by atoms with Gasteiger partial charge in [-0.25, -0.2) is 0 Å². The predicted molar refractivity (Wildman–Crippen MR) is 208 cm³/mol. The first-order chi connectivity index (χ1) is 25.3. The van der Waals surface area contributed by atoms with Gasteiger partial charge in [0.2, 0.25) is 5.91 Å². The molecule has 0 fully saturated rings. The van der Waals surface area contributed by atoms with Crippen molar-refractivity contribution in [1.29, 1.82) is 0 Å². The summed E-state index contributed by atoms with van der Waals surface area (Å²) < 4.78 is 18.7. The number of methoxy groups -OCH3 is 3. The zero-order chi connectivity index (χ0) is 36.6. The highest BCUT2D eigenvalue weighted by atomic mass is 32.2. The van der Waals surface area contributed by atoms with Crippen LogP contribution in [0.3, 0.4) is 0 Å². The van der Waals surface area contributed by atoms with Gasteiger partial charge in [0.1, 0.15) is 11.4 Å². The number of hydrogen-bond donors (Lipinski definition) is 3. The molecule has 3 N–H and O–H groups in total. The van der Waals surface area contributed by atoms with Crippen molar-refractivity contribution in [2.45, 2.75) is 18.4 Å². The maximum absolute atomic E-state index is 13.8. The van der Waals surface area contributed by atoms with Gasteiger partial charge in [0.05, 0.1) is 27.1 Å². The Labute approximate surface area is 305 Å². The summed E-state index contributed by atoms with van der Waals surface area (Å²) in [5.41, 5.74) is 4.31. The molecule has 52 heavy (non-hydrogen) atoms. The van der Waals surface area contributed by atoms with Crippen molar-refractivity contribution in [1.82, 2.24) is 9.88 Å². The molecule has 0 bridgehead atoms. The Morgan fingerprint density at radius 2 is 1.38 bits per heavy atom. The molecule has 6 aromatic rings. The molecule has 0 aliphatic heterocycles. The number of aryl methyl sites for hydroxylation is 1. The predicted octanol–water partition coefficient (Wildman–Crippen LogP) is 7.98. The summed E-state index contributed by atoms with van der Waals surface area (Å²) in [6, 6.07) is 33.3. The molecular weight excluding hydrogens is 677 g/mol. The second kappa shape index (κ2) is 16.2. The van der Waals surface area contributed by atoms with Gasteiger partial charge in [0, 0.05) is 61.8 Å². The second-order valence-corrected chi connectivity index (χ2v) is 12.7. The van der Waals surface area contributed by atoms with Crippen molar-refractivity contribution in [3.05, 3.63) is 126 Å². The molecule has 1 aromatic heterocycles. The topological polar surface area (TPSA) is 120 Å². The van der Waals surface area contributed by atoms with Crippen molar-refractivity contribution in [3.8, 4) is 17.2 Å². The lowest BCUT2D eigenvalue weighted by atomic mass is 10.1. The lowest BCUT2D eigenvalue weighted by Crippen LogP contribution is -2.30. The molecule has 264 valence electrons. The normalized spacial score (nSPS) is 11.3. The first-order valence-corrected chi connectivity index (χ1v) is 17.5. The number of nitrogens with one attached hydrogen (secondary N) is 3. The minimum absolute atomic E-state index is 0.0316. The third-order valence-electron chi connectivity index (χ3n) is 8.40. The fraction of sp³-hybridized carbons (Fsp3) is 0.146. The van der Waals surface area contributed by atoms with Crippen molar-refractivity contribution in [3.63, 3.8) is 0 Å². The highest BCUT2D eigenvalue weighted by molar-refractivity contribution is 8.00. The lowest BCUT2D eigenvalue weighted by molar-refractivity contribution is -0.114. The van der Waals surface area contributed by atoms with Gasteiger partial charge in [-0.1, -0.05) is 42.5 Å². The van der Waals surface area contributed by atoms with Crippen LogP contribution in [0.4, 0.5) is 11.4 Å². The van der Waals surface area contributed by atoms with Crippen LogP contribution in [0.2, 0.25) is 0 Å². The molecule has 0 unspecified atom stereocenters. The van der Waals surface area contributed by atoms with Crippen LogP contribution < -0.4 is 30.2 Å². The smallest absolute Gasteiger partial charge is 0.272 e. The lowest BCUT2D eigenvalue weighted by Gasteiger charge is -2.15. The van der Waals surface area contributed by atoms with E-state index in [9.17, 15) is 14.4 Å². The number of aromatic nitrogens is 1. The van der Waals surface area contributed by atoms with Crippen molar-refractivity contribution in [2.24, 2.45) is 0 Å². The highest BCUT2D eigenvalue weighted by Gasteiger charge is 2.19. The van der Waals surface area contributed by atoms with Gasteiger partial charge in [0.15, 0.2) is 11.5 Å². The Kier molecular flexibility index (Phi) is 11.1. The van der Waals surface area contributed by atoms with E-state index in [4.69, 9.17) is 14.2 Å². The largest absolute Gasteiger partial charge is 0.496 e. The molecule has 0 aliphatic carbocycles. The summed E-state index contributed by atoms with van der Waals surface area (Å²) in [7, 11) is 4.51. The summed E-state index contributed by atoms with van der Waals surface area (Å²) >= 11 is 1.34. The molecule has 0 saturated heterocycles. The van der Waals surface area contributed by atoms with Gasteiger partial charge in [-0.2, -0.15) is 0 Å². The maximum Gasteiger partial charge on any atom is 0.272 e. The Morgan fingerprint density at radius 3 is 2.13 bits per heavy atom. The van der Waals surface area contributed by atoms with Crippen LogP contribution in [0.25, 0.3) is 27.9 Å². The standard InChI is InChI=1S/C41H38N4O6S/c1-5-45-34-17-10-9-16-31(34)32-23-29(18-19-35(32)45)42-39(46)25-52-30-15-11-14-28(22-30)43-41(48)33(44-40(47)26-12-7-6-8-13-26)20-27-21-37(50-3)38(51-4)24-36(27)49-2/h6-24H,5,25H2,1-4H3,(H,42,46)(H,43,48)(H,44,47)/b33-20+. The number of carbonyl (C=O) groups is 3. The van der Waals surface area contributed by atoms with E-state index >= 15 is 0 Å². The number of thioether (sulfide) groups is 1. The van der Waals surface area contributed by atoms with Crippen molar-refractivity contribution < 1.29 is 28.6 Å². The third-order valence-corrected chi connectivity index (χ3v) is 9.39. The van der Waals surface area contributed by atoms with Gasteiger partial charge in [-0.05, 0) is 73.7 Å². The van der Waals surface area contributed by atoms with Crippen LogP contribution in [0.1, 0.15) is 22.8 Å². The molecule has 1 heterocycles. The SMILES string of the molecule is CCn1c2ccccc2c2cc(NC(=O)CSc3cccc(NC(=O)/C(=C\c4cc(OC)c(OC)cc4OC)NC(=O)c4ccccc4)c3)ccc21. The third kappa shape index (κ3) is 7.90. The van der Waals surface area contributed by atoms with E-state index in [1.54, 1.807) is 60.7 Å². The molecule has 11 heteroatoms. The van der Waals surface area contributed by atoms with Crippen LogP contribution in [-0.2, 0) is 16.1 Å². The average molecular weight is 715 g/mol. The van der Waals surface area contributed by atoms with Gasteiger partial charge in [-0.3, -0.25) is 14.4 Å². The van der Waals surface area contributed by atoms with E-state index in [2.05, 4.69) is 39.6 Å². The van der Waals surface area contributed by atoms with Gasteiger partial charge < -0.3 is 34.7 Å². The molecule has 5 aromatic carbocycles. The Balaban J connectivity index is 1.18. The first-order valence-electron chi connectivity index (χ1n) is 16.5. The molecule has 3 amide bonds. The molecular formula is C41H38N4O6S. The number of anilines is 2. The monoisotopic (exact) mass is 714 g/mol. The van der Waals surface area contributed by atoms with E-state index in [1.165, 1.54) is 39.2 Å². The summed E-state index contributed by atoms with van der Waals surface area (Å²) in [6.45, 7) is 2.97. The van der Waals surface area contributed by atoms with Crippen LogP contribution in [0.15, 0.2) is 120 Å². The van der Waals surface area contributed by atoms with Crippen LogP contribution in [0, 0.1) is 0 Å². The molecule has 0 atom stereocenters. The Bertz CT molecular complexity index is 2300. The van der Waals surface area contributed by atoms with Gasteiger partial charge >= 0.3 is 0 Å². The summed E-state index contributed by atoms with van der Waals surface area (Å²) in [5, 5.41) is 10.9. The summed E-state index contributed by atoms with van der Waals surface area (Å²) in [4.78, 5) is 40.8. The molecule has 10 nitrogen and oxygen atoms in total. The number of ether oxygens (including phenoxy) is 3. The van der Waals surface area contributed by atoms with Gasteiger partial charge in [0.25, 0.3) is 11.8 Å². The number of fused-ring (bicyclic) bond motifs is 3. The molecule has 0 spiro atoms. The fourth-order valence-electron chi connectivity index (χ4n) is 5.94. The molecule has 6 rings (SSSR count). The first kappa shape index (κ1) is 35.6. The number of nitrogens with zero attached hydrogens (tertiary/aromatic N) is 1. The van der Waals surface area contributed by atoms with Crippen LogP contribution in [-0.4, -0.2) is 49.4 Å². The molecule has 0 radical (unpaired) electrons. The zero-order valence-electron chi connectivity index (χ0n) is 29.2. The minimum atomic E-state index is -0.569. The van der Waals surface area contributed by atoms with Crippen molar-refractivity contribution >= 4 is 68.7 Å². The number of carbonyl (C=O) groups excluding carboxylic acids is 3. The van der Waals surface area contributed by atoms with E-state index < -0.39 is 11.8 Å². The number of rotatable bonds is 13. The quantitative estimate of drug-likeness (QED) is 0.0820. The fourth-order valence-corrected chi connectivity index (χ4v) is 6.70. The second-order valence-electron chi connectivity index (χ2n) is 11.6. The van der Waals surface area contributed by atoms with Crippen LogP contribution in [0.5, 0.6) is 17.2 Å². The minimum Gasteiger partial charge on any atom is -0.496 e. The van der Waals surface area contributed by atoms with E-state index in [0.29, 0.717) is 34.1 Å². The number of benzene rings is 5. The van der Waals surface area contributed by atoms with E-state index in [0.717, 1.165) is 38.9 Å². The maximum atomic E-state index is 13.8. The molecule has 0 aliphatic rings. The average Bonchev–Trinajstić information content (AvgIpc) is 3.49. The number of para-hydroxylation sites is 1. The number of hydrogen-bond acceptors (Lipinski definition) is 7.